The number of amides is 1. The lowest BCUT2D eigenvalue weighted by Gasteiger charge is -2.19. The Bertz CT molecular complexity index is 2190. The summed E-state index contributed by atoms with van der Waals surface area (Å²) in [5.41, 5.74) is 1.70. The van der Waals surface area contributed by atoms with E-state index >= 15 is 0 Å². The van der Waals surface area contributed by atoms with Crippen LogP contribution in [0.4, 0.5) is 0 Å². The first-order chi connectivity index (χ1) is 44.3. The average Bonchev–Trinajstić information content (AvgIpc) is 0.834. The van der Waals surface area contributed by atoms with Crippen molar-refractivity contribution >= 4 is 29.4 Å². The van der Waals surface area contributed by atoms with Gasteiger partial charge in [-0.1, -0.05) is 49.5 Å². The Labute approximate surface area is 558 Å². The molecular formula is C68H113NO25. The number of esters is 2. The Morgan fingerprint density at radius 3 is 0.862 bits per heavy atom. The summed E-state index contributed by atoms with van der Waals surface area (Å²) in [4.78, 5) is 62.7. The highest BCUT2D eigenvalue weighted by atomic mass is 16.6. The molecule has 3 aromatic rings. The van der Waals surface area contributed by atoms with Crippen LogP contribution in [0.3, 0.4) is 0 Å². The maximum Gasteiger partial charge on any atom is 0.311 e. The minimum atomic E-state index is -0.683. The molecule has 3 rings (SSSR count). The van der Waals surface area contributed by atoms with E-state index in [-0.39, 0.29) is 205 Å². The minimum Gasteiger partial charge on any atom is -0.489 e. The molecule has 0 bridgehead atoms. The Hall–Kier alpha value is -6.27. The Balaban J connectivity index is 0. The second-order valence-electron chi connectivity index (χ2n) is 19.7. The van der Waals surface area contributed by atoms with Crippen LogP contribution < -0.4 is 43.2 Å². The van der Waals surface area contributed by atoms with Crippen molar-refractivity contribution in [1.82, 2.24) is 5.32 Å². The van der Waals surface area contributed by atoms with E-state index in [1.165, 1.54) is 20.3 Å². The highest BCUT2D eigenvalue weighted by Crippen LogP contribution is 2.42. The predicted molar refractivity (Wildman–Crippen MR) is 353 cm³/mol. The van der Waals surface area contributed by atoms with Crippen molar-refractivity contribution in [2.75, 3.05) is 187 Å². The monoisotopic (exact) mass is 1340 g/mol. The zero-order valence-corrected chi connectivity index (χ0v) is 55.1. The second kappa shape index (κ2) is 60.4. The smallest absolute Gasteiger partial charge is 0.311 e. The number of benzene rings is 3. The third-order valence-electron chi connectivity index (χ3n) is 11.7. The summed E-state index contributed by atoms with van der Waals surface area (Å²) >= 11 is 0. The standard InChI is InChI=1S/C62H93NO25.C3H8.3CH4/c1-8-58(66)63-44-49-37-52(85-45-50-39-54(81-33-29-77-25-21-73-17-13-69-4)61(87-59(67)11-9-47(2)64)55(40-50)82-34-30-78-26-22-74-18-14-70-5)43-53(38-49)86-46-51-41-56(83-35-31-79-27-23-75-19-15-71-6)62(88-60(68)12-10-48(3)65)57(42-51)84-36-32-80-28-24-76-20-16-72-7;1-3-2;;;/h37-43H,8-36,44-46H2,1-7H3,(H,63,66);3H2,1-2H3;3*1H4. The molecule has 0 unspecified atom stereocenters. The van der Waals surface area contributed by atoms with Gasteiger partial charge in [0.25, 0.3) is 0 Å². The van der Waals surface area contributed by atoms with E-state index in [2.05, 4.69) is 19.2 Å². The summed E-state index contributed by atoms with van der Waals surface area (Å²) < 4.78 is 114. The van der Waals surface area contributed by atoms with Crippen LogP contribution in [0, 0.1) is 0 Å². The van der Waals surface area contributed by atoms with Crippen LogP contribution in [0.15, 0.2) is 42.5 Å². The summed E-state index contributed by atoms with van der Waals surface area (Å²) in [6.45, 7) is 15.5. The van der Waals surface area contributed by atoms with E-state index in [4.69, 9.17) is 94.7 Å². The summed E-state index contributed by atoms with van der Waals surface area (Å²) in [7, 11) is 6.35. The molecule has 1 N–H and O–H groups in total. The molecule has 0 atom stereocenters. The Morgan fingerprint density at radius 1 is 0.340 bits per heavy atom. The van der Waals surface area contributed by atoms with Gasteiger partial charge in [0.05, 0.1) is 145 Å². The number of Topliss-reactive ketones (excluding diaryl/α,β-unsaturated/α-hetero) is 2. The molecule has 0 radical (unpaired) electrons. The average molecular weight is 1340 g/mol. The number of hydrogen-bond acceptors (Lipinski definition) is 25. The van der Waals surface area contributed by atoms with Gasteiger partial charge in [-0.25, -0.2) is 0 Å². The molecule has 0 aliphatic carbocycles. The van der Waals surface area contributed by atoms with E-state index < -0.39 is 11.9 Å². The number of methoxy groups -OCH3 is 4. The topological polar surface area (TPSA) is 282 Å². The van der Waals surface area contributed by atoms with Crippen molar-refractivity contribution in [2.45, 2.75) is 115 Å². The zero-order valence-electron chi connectivity index (χ0n) is 55.1. The molecule has 0 saturated carbocycles. The van der Waals surface area contributed by atoms with Crippen LogP contribution in [0.1, 0.15) is 112 Å². The van der Waals surface area contributed by atoms with Gasteiger partial charge >= 0.3 is 11.9 Å². The fraction of sp³-hybridized carbons (Fsp3) is 0.662. The van der Waals surface area contributed by atoms with Gasteiger partial charge in [-0.3, -0.25) is 14.4 Å². The first-order valence-corrected chi connectivity index (χ1v) is 30.8. The number of carbonyl (C=O) groups is 5. The summed E-state index contributed by atoms with van der Waals surface area (Å²) in [5, 5.41) is 2.90. The Morgan fingerprint density at radius 2 is 0.606 bits per heavy atom. The van der Waals surface area contributed by atoms with Crippen LogP contribution in [-0.2, 0) is 101 Å². The van der Waals surface area contributed by atoms with Gasteiger partial charge in [0.1, 0.15) is 62.7 Å². The van der Waals surface area contributed by atoms with Crippen LogP contribution in [0.2, 0.25) is 0 Å². The maximum atomic E-state index is 13.2. The molecule has 0 aromatic heterocycles. The summed E-state index contributed by atoms with van der Waals surface area (Å²) in [5.74, 6) is -0.726. The van der Waals surface area contributed by atoms with E-state index in [1.54, 1.807) is 77.8 Å². The number of rotatable bonds is 57. The SMILES string of the molecule is C.C.C.CCC.CCC(=O)NCc1cc(OCc2cc(OCCOCCOCCOC)c(OC(=O)CCC(C)=O)c(OCCOCCOCCOC)c2)cc(OCc2cc(OCCOCCOCCOC)c(OC(=O)CCC(C)=O)c(OCCOCCOCCOC)c2)c1. The molecule has 26 nitrogen and oxygen atoms in total. The zero-order chi connectivity index (χ0) is 66.4. The lowest BCUT2D eigenvalue weighted by molar-refractivity contribution is -0.136. The molecule has 0 heterocycles. The second-order valence-corrected chi connectivity index (χ2v) is 19.7. The number of ether oxygens (including phenoxy) is 20. The first kappa shape index (κ1) is 89.8. The fourth-order valence-electron chi connectivity index (χ4n) is 7.20. The van der Waals surface area contributed by atoms with Crippen LogP contribution in [-0.4, -0.2) is 216 Å². The van der Waals surface area contributed by atoms with E-state index in [9.17, 15) is 24.0 Å². The lowest BCUT2D eigenvalue weighted by atomic mass is 10.1. The molecule has 0 saturated heterocycles. The van der Waals surface area contributed by atoms with Crippen LogP contribution in [0.25, 0.3) is 0 Å². The first-order valence-electron chi connectivity index (χ1n) is 30.8. The fourth-order valence-corrected chi connectivity index (χ4v) is 7.20. The third-order valence-corrected chi connectivity index (χ3v) is 11.7. The molecule has 3 aromatic carbocycles. The highest BCUT2D eigenvalue weighted by molar-refractivity contribution is 5.83. The van der Waals surface area contributed by atoms with Crippen molar-refractivity contribution < 1.29 is 119 Å². The van der Waals surface area contributed by atoms with Crippen molar-refractivity contribution in [3.05, 3.63) is 59.2 Å². The van der Waals surface area contributed by atoms with Gasteiger partial charge < -0.3 is 110 Å². The number of ketones is 2. The Kier molecular flexibility index (Phi) is 57.7. The van der Waals surface area contributed by atoms with E-state index in [1.807, 2.05) is 0 Å². The van der Waals surface area contributed by atoms with Gasteiger partial charge in [0.2, 0.25) is 17.4 Å². The molecule has 26 heteroatoms. The normalized spacial score (nSPS) is 10.6. The lowest BCUT2D eigenvalue weighted by Crippen LogP contribution is -2.21. The molecule has 94 heavy (non-hydrogen) atoms. The van der Waals surface area contributed by atoms with E-state index in [0.29, 0.717) is 107 Å². The van der Waals surface area contributed by atoms with Crippen LogP contribution >= 0.6 is 0 Å². The molecule has 1 amide bonds. The van der Waals surface area contributed by atoms with Crippen molar-refractivity contribution in [2.24, 2.45) is 0 Å². The molecular weight excluding hydrogens is 1230 g/mol. The minimum absolute atomic E-state index is 0. The predicted octanol–water partition coefficient (Wildman–Crippen LogP) is 8.98. The van der Waals surface area contributed by atoms with Gasteiger partial charge in [-0.2, -0.15) is 0 Å². The van der Waals surface area contributed by atoms with Gasteiger partial charge in [-0.05, 0) is 66.9 Å². The van der Waals surface area contributed by atoms with Crippen molar-refractivity contribution in [3.63, 3.8) is 0 Å². The van der Waals surface area contributed by atoms with Crippen LogP contribution in [0.5, 0.6) is 46.0 Å². The number of hydrogen-bond donors (Lipinski definition) is 1. The quantitative estimate of drug-likeness (QED) is 0.0313. The summed E-state index contributed by atoms with van der Waals surface area (Å²) in [6, 6.07) is 11.8. The van der Waals surface area contributed by atoms with Gasteiger partial charge in [0.15, 0.2) is 23.0 Å². The van der Waals surface area contributed by atoms with Crippen molar-refractivity contribution in [1.29, 1.82) is 0 Å². The summed E-state index contributed by atoms with van der Waals surface area (Å²) in [6.07, 6.45) is 1.07. The maximum absolute atomic E-state index is 13.2. The highest BCUT2D eigenvalue weighted by Gasteiger charge is 2.23. The van der Waals surface area contributed by atoms with E-state index in [0.717, 1.165) is 0 Å². The largest absolute Gasteiger partial charge is 0.489 e. The number of carbonyl (C=O) groups excluding carboxylic acids is 5. The third kappa shape index (κ3) is 45.2. The van der Waals surface area contributed by atoms with Crippen molar-refractivity contribution in [3.8, 4) is 46.0 Å². The van der Waals surface area contributed by atoms with Gasteiger partial charge in [0, 0.05) is 60.3 Å². The molecule has 540 valence electrons. The molecule has 0 spiro atoms. The number of nitrogens with one attached hydrogen (secondary N) is 1. The molecule has 0 fully saturated rings. The molecule has 0 aliphatic heterocycles. The van der Waals surface area contributed by atoms with Gasteiger partial charge in [-0.15, -0.1) is 0 Å². The molecule has 0 aliphatic rings.